The van der Waals surface area contributed by atoms with Crippen molar-refractivity contribution in [3.63, 3.8) is 0 Å². The van der Waals surface area contributed by atoms with Crippen molar-refractivity contribution in [2.24, 2.45) is 0 Å². The van der Waals surface area contributed by atoms with Gasteiger partial charge in [-0.3, -0.25) is 0 Å². The number of hydrogen-bond donors (Lipinski definition) is 0. The fourth-order valence-corrected chi connectivity index (χ4v) is 4.07. The van der Waals surface area contributed by atoms with Gasteiger partial charge in [-0.1, -0.05) is 54.2 Å². The van der Waals surface area contributed by atoms with Crippen LogP contribution >= 0.6 is 11.8 Å². The second-order valence-electron chi connectivity index (χ2n) is 6.89. The van der Waals surface area contributed by atoms with Crippen molar-refractivity contribution in [3.8, 4) is 5.75 Å². The molecule has 3 aromatic rings. The molecule has 0 bridgehead atoms. The summed E-state index contributed by atoms with van der Waals surface area (Å²) in [5, 5.41) is 9.89. The molecule has 1 aliphatic rings. The molecule has 4 rings (SSSR count). The lowest BCUT2D eigenvalue weighted by Gasteiger charge is -2.14. The highest BCUT2D eigenvalue weighted by Gasteiger charge is 2.30. The monoisotopic (exact) mass is 401 g/mol. The van der Waals surface area contributed by atoms with Crippen LogP contribution in [0.5, 0.6) is 5.75 Å². The Kier molecular flexibility index (Phi) is 5.62. The molecule has 1 atom stereocenters. The quantitative estimate of drug-likeness (QED) is 0.457. The summed E-state index contributed by atoms with van der Waals surface area (Å²) >= 11 is 1.63. The van der Waals surface area contributed by atoms with Crippen molar-refractivity contribution >= 4 is 11.8 Å². The van der Waals surface area contributed by atoms with Crippen LogP contribution in [-0.4, -0.2) is 21.4 Å². The summed E-state index contributed by atoms with van der Waals surface area (Å²) in [6.45, 7) is 0.0111. The Morgan fingerprint density at radius 1 is 1.07 bits per heavy atom. The number of hydrogen-bond acceptors (Lipinski definition) is 4. The molecular weight excluding hydrogens is 380 g/mol. The van der Waals surface area contributed by atoms with Crippen LogP contribution in [0.15, 0.2) is 59.8 Å². The van der Waals surface area contributed by atoms with E-state index in [4.69, 9.17) is 0 Å². The Balaban J connectivity index is 1.52. The smallest absolute Gasteiger partial charge is 0.387 e. The van der Waals surface area contributed by atoms with Crippen LogP contribution in [-0.2, 0) is 6.54 Å². The average Bonchev–Trinajstić information content (AvgIpc) is 3.46. The topological polar surface area (TPSA) is 39.9 Å². The number of rotatable bonds is 8. The lowest BCUT2D eigenvalue weighted by molar-refractivity contribution is -0.0498. The van der Waals surface area contributed by atoms with Crippen LogP contribution in [0.1, 0.15) is 47.9 Å². The summed E-state index contributed by atoms with van der Waals surface area (Å²) in [5.41, 5.74) is 2.24. The van der Waals surface area contributed by atoms with Gasteiger partial charge in [-0.05, 0) is 43.0 Å². The SMILES string of the molecule is CC(Sc1nnc(C2CC2)n1Cc1ccccc1)c1ccc(OC(F)F)cc1. The molecule has 1 heterocycles. The first-order valence-electron chi connectivity index (χ1n) is 9.28. The average molecular weight is 401 g/mol. The molecule has 146 valence electrons. The Labute approximate surface area is 166 Å². The number of nitrogens with zero attached hydrogens (tertiary/aromatic N) is 3. The maximum absolute atomic E-state index is 12.3. The molecule has 0 N–H and O–H groups in total. The number of aromatic nitrogens is 3. The van der Waals surface area contributed by atoms with E-state index in [-0.39, 0.29) is 11.0 Å². The fourth-order valence-electron chi connectivity index (χ4n) is 3.09. The molecular formula is C21H21F2N3OS. The summed E-state index contributed by atoms with van der Waals surface area (Å²) in [4.78, 5) is 0. The summed E-state index contributed by atoms with van der Waals surface area (Å²) in [6, 6.07) is 17.1. The molecule has 2 aromatic carbocycles. The second kappa shape index (κ2) is 8.31. The van der Waals surface area contributed by atoms with E-state index < -0.39 is 6.61 Å². The van der Waals surface area contributed by atoms with Crippen molar-refractivity contribution in [1.82, 2.24) is 14.8 Å². The van der Waals surface area contributed by atoms with Crippen LogP contribution in [0.2, 0.25) is 0 Å². The number of thioether (sulfide) groups is 1. The van der Waals surface area contributed by atoms with E-state index in [1.54, 1.807) is 23.9 Å². The lowest BCUT2D eigenvalue weighted by Crippen LogP contribution is -2.06. The third-order valence-electron chi connectivity index (χ3n) is 4.73. The van der Waals surface area contributed by atoms with Gasteiger partial charge in [0.1, 0.15) is 11.6 Å². The van der Waals surface area contributed by atoms with Gasteiger partial charge >= 0.3 is 6.61 Å². The fraction of sp³-hybridized carbons (Fsp3) is 0.333. The minimum absolute atomic E-state index is 0.103. The van der Waals surface area contributed by atoms with E-state index in [0.29, 0.717) is 5.92 Å². The van der Waals surface area contributed by atoms with E-state index in [1.807, 2.05) is 30.3 Å². The molecule has 1 unspecified atom stereocenters. The van der Waals surface area contributed by atoms with Crippen molar-refractivity contribution in [2.75, 3.05) is 0 Å². The van der Waals surface area contributed by atoms with Gasteiger partial charge in [0.2, 0.25) is 0 Å². The largest absolute Gasteiger partial charge is 0.435 e. The first-order valence-corrected chi connectivity index (χ1v) is 10.2. The van der Waals surface area contributed by atoms with Gasteiger partial charge in [-0.2, -0.15) is 8.78 Å². The zero-order chi connectivity index (χ0) is 19.5. The van der Waals surface area contributed by atoms with Crippen molar-refractivity contribution in [1.29, 1.82) is 0 Å². The van der Waals surface area contributed by atoms with E-state index in [0.717, 1.165) is 23.1 Å². The third kappa shape index (κ3) is 4.52. The molecule has 1 fully saturated rings. The number of ether oxygens (including phenoxy) is 1. The van der Waals surface area contributed by atoms with Gasteiger partial charge in [0.05, 0.1) is 6.54 Å². The molecule has 7 heteroatoms. The molecule has 0 radical (unpaired) electrons. The first-order chi connectivity index (χ1) is 13.6. The lowest BCUT2D eigenvalue weighted by atomic mass is 10.2. The second-order valence-corrected chi connectivity index (χ2v) is 8.20. The zero-order valence-electron chi connectivity index (χ0n) is 15.5. The maximum atomic E-state index is 12.3. The molecule has 0 amide bonds. The maximum Gasteiger partial charge on any atom is 0.387 e. The van der Waals surface area contributed by atoms with Gasteiger partial charge in [0.15, 0.2) is 5.16 Å². The van der Waals surface area contributed by atoms with E-state index in [2.05, 4.69) is 38.6 Å². The molecule has 0 spiro atoms. The molecule has 1 aromatic heterocycles. The first kappa shape index (κ1) is 18.9. The van der Waals surface area contributed by atoms with Gasteiger partial charge in [0, 0.05) is 11.2 Å². The van der Waals surface area contributed by atoms with Gasteiger partial charge in [0.25, 0.3) is 0 Å². The van der Waals surface area contributed by atoms with Gasteiger partial charge in [-0.15, -0.1) is 10.2 Å². The predicted molar refractivity (Wildman–Crippen MR) is 105 cm³/mol. The molecule has 0 saturated heterocycles. The Morgan fingerprint density at radius 2 is 1.79 bits per heavy atom. The van der Waals surface area contributed by atoms with Crippen LogP contribution in [0.3, 0.4) is 0 Å². The number of benzene rings is 2. The van der Waals surface area contributed by atoms with Crippen molar-refractivity contribution in [2.45, 2.75) is 49.2 Å². The molecule has 0 aliphatic heterocycles. The highest BCUT2D eigenvalue weighted by atomic mass is 32.2. The van der Waals surface area contributed by atoms with E-state index >= 15 is 0 Å². The van der Waals surface area contributed by atoms with Crippen LogP contribution in [0.25, 0.3) is 0 Å². The Hall–Kier alpha value is -2.41. The minimum atomic E-state index is -2.81. The summed E-state index contributed by atoms with van der Waals surface area (Å²) < 4.78 is 31.3. The van der Waals surface area contributed by atoms with Crippen molar-refractivity contribution in [3.05, 3.63) is 71.5 Å². The van der Waals surface area contributed by atoms with Crippen LogP contribution < -0.4 is 4.74 Å². The standard InChI is InChI=1S/C21H21F2N3OS/c1-14(16-9-11-18(12-10-16)27-20(22)23)28-21-25-24-19(17-7-8-17)26(21)13-15-5-3-2-4-6-15/h2-6,9-12,14,17,20H,7-8,13H2,1H3. The van der Waals surface area contributed by atoms with Gasteiger partial charge < -0.3 is 9.30 Å². The van der Waals surface area contributed by atoms with Gasteiger partial charge in [-0.25, -0.2) is 0 Å². The molecule has 4 nitrogen and oxygen atoms in total. The molecule has 1 saturated carbocycles. The Morgan fingerprint density at radius 3 is 2.43 bits per heavy atom. The summed E-state index contributed by atoms with van der Waals surface area (Å²) in [7, 11) is 0. The van der Waals surface area contributed by atoms with E-state index in [1.165, 1.54) is 18.4 Å². The zero-order valence-corrected chi connectivity index (χ0v) is 16.3. The highest BCUT2D eigenvalue weighted by Crippen LogP contribution is 2.42. The predicted octanol–water partition coefficient (Wildman–Crippen LogP) is 5.66. The van der Waals surface area contributed by atoms with Crippen LogP contribution in [0, 0.1) is 0 Å². The summed E-state index contributed by atoms with van der Waals surface area (Å²) in [6.07, 6.45) is 2.33. The number of halogens is 2. The van der Waals surface area contributed by atoms with Crippen molar-refractivity contribution < 1.29 is 13.5 Å². The molecule has 1 aliphatic carbocycles. The number of alkyl halides is 2. The van der Waals surface area contributed by atoms with E-state index in [9.17, 15) is 8.78 Å². The third-order valence-corrected chi connectivity index (χ3v) is 5.87. The normalized spacial score (nSPS) is 15.0. The summed E-state index contributed by atoms with van der Waals surface area (Å²) in [5.74, 6) is 1.73. The van der Waals surface area contributed by atoms with Crippen LogP contribution in [0.4, 0.5) is 8.78 Å². The minimum Gasteiger partial charge on any atom is -0.435 e. The highest BCUT2D eigenvalue weighted by molar-refractivity contribution is 7.99. The Bertz CT molecular complexity index is 911. The molecule has 28 heavy (non-hydrogen) atoms.